The number of hydrogen-bond donors (Lipinski definition) is 2. The zero-order valence-electron chi connectivity index (χ0n) is 18.5. The van der Waals surface area contributed by atoms with Gasteiger partial charge in [-0.05, 0) is 30.8 Å². The highest BCUT2D eigenvalue weighted by Crippen LogP contribution is 2.19. The number of thiocarbonyl (C=S) groups is 1. The molecule has 1 rings (SSSR count). The zero-order valence-corrected chi connectivity index (χ0v) is 20.9. The highest BCUT2D eigenvalue weighted by atomic mass is 35.5. The van der Waals surface area contributed by atoms with Gasteiger partial charge in [0.1, 0.15) is 0 Å². The van der Waals surface area contributed by atoms with Crippen LogP contribution in [0.1, 0.15) is 102 Å². The molecule has 0 aliphatic rings. The van der Waals surface area contributed by atoms with Crippen LogP contribution in [0.15, 0.2) is 23.3 Å². The van der Waals surface area contributed by atoms with Gasteiger partial charge in [0.15, 0.2) is 5.11 Å². The van der Waals surface area contributed by atoms with Crippen LogP contribution in [0.3, 0.4) is 0 Å². The van der Waals surface area contributed by atoms with Crippen LogP contribution in [0, 0.1) is 0 Å². The molecule has 1 aromatic carbocycles. The summed E-state index contributed by atoms with van der Waals surface area (Å²) in [6.45, 7) is 3.15. The molecule has 6 heteroatoms. The molecule has 1 aromatic rings. The van der Waals surface area contributed by atoms with Crippen molar-refractivity contribution in [2.75, 3.05) is 6.54 Å². The molecule has 0 fully saturated rings. The molecule has 0 spiro atoms. The summed E-state index contributed by atoms with van der Waals surface area (Å²) in [5.74, 6) is 0. The maximum Gasteiger partial charge on any atom is 0.186 e. The molecular formula is C24H39Cl2N3S. The number of benzene rings is 1. The first-order valence-electron chi connectivity index (χ1n) is 11.7. The Bertz CT molecular complexity index is 608. The number of nitrogens with zero attached hydrogens (tertiary/aromatic N) is 1. The highest BCUT2D eigenvalue weighted by Gasteiger charge is 1.99. The van der Waals surface area contributed by atoms with Gasteiger partial charge in [-0.1, -0.05) is 120 Å². The van der Waals surface area contributed by atoms with Gasteiger partial charge in [0, 0.05) is 17.1 Å². The maximum atomic E-state index is 6.10. The first kappa shape index (κ1) is 27.2. The standard InChI is InChI=1S/C24H39Cl2N3S/c1-2-3-4-5-6-7-8-9-10-11-12-13-14-15-18-27-24(30)29-28-20-21-16-17-22(25)19-23(21)26/h16-17,19-20H,2-15,18H2,1H3,(H2,27,29,30). The van der Waals surface area contributed by atoms with Crippen LogP contribution >= 0.6 is 35.4 Å². The second-order valence-electron chi connectivity index (χ2n) is 7.89. The van der Waals surface area contributed by atoms with Crippen molar-refractivity contribution in [3.8, 4) is 0 Å². The summed E-state index contributed by atoms with van der Waals surface area (Å²) < 4.78 is 0. The summed E-state index contributed by atoms with van der Waals surface area (Å²) in [4.78, 5) is 0. The van der Waals surface area contributed by atoms with Crippen LogP contribution in [0.4, 0.5) is 0 Å². The first-order valence-corrected chi connectivity index (χ1v) is 12.8. The Hall–Kier alpha value is -0.840. The summed E-state index contributed by atoms with van der Waals surface area (Å²) >= 11 is 17.2. The van der Waals surface area contributed by atoms with Crippen molar-refractivity contribution < 1.29 is 0 Å². The van der Waals surface area contributed by atoms with Gasteiger partial charge >= 0.3 is 0 Å². The van der Waals surface area contributed by atoms with Gasteiger partial charge in [-0.2, -0.15) is 5.10 Å². The molecule has 30 heavy (non-hydrogen) atoms. The van der Waals surface area contributed by atoms with Crippen LogP contribution < -0.4 is 10.7 Å². The van der Waals surface area contributed by atoms with Gasteiger partial charge in [-0.25, -0.2) is 0 Å². The van der Waals surface area contributed by atoms with E-state index >= 15 is 0 Å². The van der Waals surface area contributed by atoms with Gasteiger partial charge in [-0.3, -0.25) is 5.43 Å². The van der Waals surface area contributed by atoms with E-state index in [0.29, 0.717) is 15.2 Å². The Morgan fingerprint density at radius 1 is 0.867 bits per heavy atom. The largest absolute Gasteiger partial charge is 0.361 e. The third-order valence-corrected chi connectivity index (χ3v) is 5.95. The Labute approximate surface area is 199 Å². The minimum atomic E-state index is 0.533. The fraction of sp³-hybridized carbons (Fsp3) is 0.667. The Balaban J connectivity index is 1.88. The lowest BCUT2D eigenvalue weighted by molar-refractivity contribution is 0.535. The van der Waals surface area contributed by atoms with Crippen molar-refractivity contribution in [3.63, 3.8) is 0 Å². The van der Waals surface area contributed by atoms with Gasteiger partial charge in [-0.15, -0.1) is 0 Å². The van der Waals surface area contributed by atoms with Crippen LogP contribution in [-0.2, 0) is 0 Å². The monoisotopic (exact) mass is 471 g/mol. The maximum absolute atomic E-state index is 6.10. The normalized spacial score (nSPS) is 11.2. The summed E-state index contributed by atoms with van der Waals surface area (Å²) in [6, 6.07) is 5.29. The Morgan fingerprint density at radius 3 is 1.93 bits per heavy atom. The highest BCUT2D eigenvalue weighted by molar-refractivity contribution is 7.80. The molecule has 0 unspecified atom stereocenters. The van der Waals surface area contributed by atoms with Gasteiger partial charge < -0.3 is 5.32 Å². The van der Waals surface area contributed by atoms with E-state index in [2.05, 4.69) is 22.8 Å². The minimum absolute atomic E-state index is 0.533. The fourth-order valence-electron chi connectivity index (χ4n) is 3.33. The van der Waals surface area contributed by atoms with E-state index in [4.69, 9.17) is 35.4 Å². The van der Waals surface area contributed by atoms with Gasteiger partial charge in [0.05, 0.1) is 11.2 Å². The lowest BCUT2D eigenvalue weighted by Gasteiger charge is -2.07. The predicted molar refractivity (Wildman–Crippen MR) is 138 cm³/mol. The van der Waals surface area contributed by atoms with E-state index in [1.165, 1.54) is 83.5 Å². The summed E-state index contributed by atoms with van der Waals surface area (Å²) in [5, 5.41) is 9.01. The van der Waals surface area contributed by atoms with Crippen LogP contribution in [-0.4, -0.2) is 17.9 Å². The average Bonchev–Trinajstić information content (AvgIpc) is 2.72. The lowest BCUT2D eigenvalue weighted by atomic mass is 10.0. The fourth-order valence-corrected chi connectivity index (χ4v) is 3.94. The molecule has 0 aromatic heterocycles. The van der Waals surface area contributed by atoms with Crippen molar-refractivity contribution in [2.24, 2.45) is 5.10 Å². The molecule has 0 atom stereocenters. The van der Waals surface area contributed by atoms with Gasteiger partial charge in [0.25, 0.3) is 0 Å². The molecule has 0 aliphatic carbocycles. The molecule has 2 N–H and O–H groups in total. The summed E-state index contributed by atoms with van der Waals surface area (Å²) in [6.07, 6.45) is 20.8. The first-order chi connectivity index (χ1) is 14.6. The predicted octanol–water partition coefficient (Wildman–Crippen LogP) is 8.27. The van der Waals surface area contributed by atoms with E-state index in [-0.39, 0.29) is 0 Å². The van der Waals surface area contributed by atoms with Crippen molar-refractivity contribution in [3.05, 3.63) is 33.8 Å². The van der Waals surface area contributed by atoms with E-state index in [0.717, 1.165) is 18.5 Å². The van der Waals surface area contributed by atoms with Crippen LogP contribution in [0.2, 0.25) is 10.0 Å². The number of halogens is 2. The third-order valence-electron chi connectivity index (χ3n) is 5.15. The second kappa shape index (κ2) is 18.9. The molecule has 170 valence electrons. The molecule has 0 saturated heterocycles. The Morgan fingerprint density at radius 2 is 1.40 bits per heavy atom. The number of hydrogen-bond acceptors (Lipinski definition) is 2. The van der Waals surface area contributed by atoms with Crippen molar-refractivity contribution in [1.29, 1.82) is 0 Å². The number of hydrazone groups is 1. The van der Waals surface area contributed by atoms with E-state index in [1.807, 2.05) is 6.07 Å². The molecule has 0 aliphatic heterocycles. The van der Waals surface area contributed by atoms with E-state index < -0.39 is 0 Å². The lowest BCUT2D eigenvalue weighted by Crippen LogP contribution is -2.32. The summed E-state index contributed by atoms with van der Waals surface area (Å²) in [7, 11) is 0. The molecular weight excluding hydrogens is 433 g/mol. The quantitative estimate of drug-likeness (QED) is 0.104. The smallest absolute Gasteiger partial charge is 0.186 e. The van der Waals surface area contributed by atoms with Crippen molar-refractivity contribution in [1.82, 2.24) is 10.7 Å². The average molecular weight is 473 g/mol. The van der Waals surface area contributed by atoms with Crippen molar-refractivity contribution >= 4 is 46.7 Å². The van der Waals surface area contributed by atoms with E-state index in [1.54, 1.807) is 18.3 Å². The molecule has 0 amide bonds. The van der Waals surface area contributed by atoms with E-state index in [9.17, 15) is 0 Å². The summed E-state index contributed by atoms with van der Waals surface area (Å²) in [5.41, 5.74) is 3.62. The second-order valence-corrected chi connectivity index (χ2v) is 9.14. The molecule has 0 saturated carbocycles. The third kappa shape index (κ3) is 15.0. The molecule has 0 radical (unpaired) electrons. The SMILES string of the molecule is CCCCCCCCCCCCCCCCNC(=S)NN=Cc1ccc(Cl)cc1Cl. The van der Waals surface area contributed by atoms with Crippen molar-refractivity contribution in [2.45, 2.75) is 96.8 Å². The Kier molecular flexibility index (Phi) is 17.1. The number of nitrogens with one attached hydrogen (secondary N) is 2. The molecule has 3 nitrogen and oxygen atoms in total. The zero-order chi connectivity index (χ0) is 21.9. The topological polar surface area (TPSA) is 36.4 Å². The number of unbranched alkanes of at least 4 members (excludes halogenated alkanes) is 13. The van der Waals surface area contributed by atoms with Gasteiger partial charge in [0.2, 0.25) is 0 Å². The van der Waals surface area contributed by atoms with Crippen LogP contribution in [0.25, 0.3) is 0 Å². The molecule has 0 heterocycles. The number of rotatable bonds is 17. The minimum Gasteiger partial charge on any atom is -0.361 e. The molecule has 0 bridgehead atoms. The van der Waals surface area contributed by atoms with Crippen LogP contribution in [0.5, 0.6) is 0 Å².